The van der Waals surface area contributed by atoms with Gasteiger partial charge in [-0.25, -0.2) is 0 Å². The van der Waals surface area contributed by atoms with Crippen LogP contribution < -0.4 is 0 Å². The normalized spacial score (nSPS) is 32.9. The van der Waals surface area contributed by atoms with Crippen molar-refractivity contribution in [2.24, 2.45) is 0 Å². The van der Waals surface area contributed by atoms with Gasteiger partial charge in [0.05, 0.1) is 0 Å². The second kappa shape index (κ2) is 1.60. The standard InChI is InChI=1S/C5H13OSi/c1-7(2)5-3-4-6-7/h7H,3-5H2,1-2H3/q-1. The Morgan fingerprint density at radius 3 is 2.29 bits per heavy atom. The van der Waals surface area contributed by atoms with Crippen LogP contribution in [0, 0.1) is 0 Å². The quantitative estimate of drug-likeness (QED) is 0.435. The van der Waals surface area contributed by atoms with E-state index in [9.17, 15) is 0 Å². The van der Waals surface area contributed by atoms with Gasteiger partial charge in [0.1, 0.15) is 0 Å². The third-order valence-electron chi connectivity index (χ3n) is 1.61. The molecule has 0 aromatic heterocycles. The Morgan fingerprint density at radius 1 is 1.43 bits per heavy atom. The van der Waals surface area contributed by atoms with Gasteiger partial charge in [0, 0.05) is 0 Å². The van der Waals surface area contributed by atoms with Gasteiger partial charge in [0.15, 0.2) is 0 Å². The van der Waals surface area contributed by atoms with Gasteiger partial charge in [-0.05, 0) is 0 Å². The molecule has 0 aromatic rings. The summed E-state index contributed by atoms with van der Waals surface area (Å²) in [4.78, 5) is 0. The third kappa shape index (κ3) is 1.28. The summed E-state index contributed by atoms with van der Waals surface area (Å²) in [5.74, 6) is 0. The Hall–Kier alpha value is 0.177. The van der Waals surface area contributed by atoms with E-state index in [2.05, 4.69) is 13.1 Å². The van der Waals surface area contributed by atoms with E-state index in [-0.39, 0.29) is 0 Å². The van der Waals surface area contributed by atoms with E-state index >= 15 is 0 Å². The van der Waals surface area contributed by atoms with Crippen molar-refractivity contribution in [3.05, 3.63) is 0 Å². The summed E-state index contributed by atoms with van der Waals surface area (Å²) in [6.07, 6.45) is 1.32. The molecule has 0 aliphatic carbocycles. The van der Waals surface area contributed by atoms with Crippen LogP contribution in [0.5, 0.6) is 0 Å². The van der Waals surface area contributed by atoms with Gasteiger partial charge in [0.25, 0.3) is 0 Å². The van der Waals surface area contributed by atoms with E-state index in [1.54, 1.807) is 0 Å². The molecular formula is C5H13OSi-. The zero-order chi connectivity index (χ0) is 5.33. The second-order valence-electron chi connectivity index (χ2n) is 3.04. The molecule has 1 aliphatic heterocycles. The maximum absolute atomic E-state index is 5.51. The van der Waals surface area contributed by atoms with E-state index in [1.807, 2.05) is 0 Å². The number of hydrogen-bond acceptors (Lipinski definition) is 1. The van der Waals surface area contributed by atoms with Crippen LogP contribution in [0.1, 0.15) is 6.42 Å². The minimum absolute atomic E-state index is 1.04. The predicted octanol–water partition coefficient (Wildman–Crippen LogP) is 1.34. The van der Waals surface area contributed by atoms with Gasteiger partial charge in [0.2, 0.25) is 0 Å². The molecule has 2 heteroatoms. The summed E-state index contributed by atoms with van der Waals surface area (Å²) in [6, 6.07) is 1.40. The van der Waals surface area contributed by atoms with Crippen LogP contribution in [0.3, 0.4) is 0 Å². The molecule has 0 amide bonds. The van der Waals surface area contributed by atoms with Crippen molar-refractivity contribution in [3.8, 4) is 0 Å². The maximum atomic E-state index is 5.51. The van der Waals surface area contributed by atoms with E-state index in [0.29, 0.717) is 0 Å². The van der Waals surface area contributed by atoms with Crippen LogP contribution in [0.25, 0.3) is 0 Å². The van der Waals surface area contributed by atoms with Crippen molar-refractivity contribution >= 4 is 8.32 Å². The fraction of sp³-hybridized carbons (Fsp3) is 1.00. The zero-order valence-electron chi connectivity index (χ0n) is 5.11. The number of hydrogen-bond donors (Lipinski definition) is 0. The first-order valence-electron chi connectivity index (χ1n) is 3.09. The van der Waals surface area contributed by atoms with Crippen molar-refractivity contribution in [1.29, 1.82) is 0 Å². The van der Waals surface area contributed by atoms with Crippen LogP contribution in [-0.2, 0) is 4.43 Å². The summed E-state index contributed by atoms with van der Waals surface area (Å²) in [6.45, 7) is 5.65. The molecule has 0 spiro atoms. The topological polar surface area (TPSA) is 9.23 Å². The summed E-state index contributed by atoms with van der Waals surface area (Å²) in [5, 5.41) is 0. The average Bonchev–Trinajstić information content (AvgIpc) is 1.84. The third-order valence-corrected chi connectivity index (χ3v) is 4.55. The molecule has 1 aliphatic rings. The van der Waals surface area contributed by atoms with Crippen LogP contribution in [0.4, 0.5) is 0 Å². The van der Waals surface area contributed by atoms with Gasteiger partial charge in [-0.3, -0.25) is 0 Å². The van der Waals surface area contributed by atoms with Crippen molar-refractivity contribution < 1.29 is 4.43 Å². The first-order chi connectivity index (χ1) is 3.21. The molecule has 0 atom stereocenters. The second-order valence-corrected chi connectivity index (χ2v) is 8.02. The van der Waals surface area contributed by atoms with Crippen molar-refractivity contribution in [1.82, 2.24) is 0 Å². The van der Waals surface area contributed by atoms with E-state index < -0.39 is 8.32 Å². The van der Waals surface area contributed by atoms with Gasteiger partial charge in [-0.1, -0.05) is 0 Å². The van der Waals surface area contributed by atoms with Gasteiger partial charge in [-0.2, -0.15) is 0 Å². The molecular weight excluding hydrogens is 104 g/mol. The molecule has 0 saturated carbocycles. The predicted molar refractivity (Wildman–Crippen MR) is 34.3 cm³/mol. The van der Waals surface area contributed by atoms with Crippen LogP contribution in [-0.4, -0.2) is 14.9 Å². The van der Waals surface area contributed by atoms with Gasteiger partial charge < -0.3 is 0 Å². The molecule has 1 fully saturated rings. The summed E-state index contributed by atoms with van der Waals surface area (Å²) in [5.41, 5.74) is 0. The Kier molecular flexibility index (Phi) is 1.21. The summed E-state index contributed by atoms with van der Waals surface area (Å²) in [7, 11) is -1.29. The zero-order valence-corrected chi connectivity index (χ0v) is 6.26. The first-order valence-corrected chi connectivity index (χ1v) is 6.68. The molecule has 1 nitrogen and oxygen atoms in total. The fourth-order valence-electron chi connectivity index (χ4n) is 1.06. The Morgan fingerprint density at radius 2 is 2.14 bits per heavy atom. The molecule has 0 radical (unpaired) electrons. The van der Waals surface area contributed by atoms with E-state index in [1.165, 1.54) is 12.5 Å². The Bertz CT molecular complexity index is 62.5. The molecule has 0 unspecified atom stereocenters. The fourth-order valence-corrected chi connectivity index (χ4v) is 3.18. The molecule has 1 saturated heterocycles. The molecule has 7 heavy (non-hydrogen) atoms. The first kappa shape index (κ1) is 5.32. The van der Waals surface area contributed by atoms with Crippen molar-refractivity contribution in [3.63, 3.8) is 0 Å². The van der Waals surface area contributed by atoms with E-state index in [4.69, 9.17) is 4.43 Å². The Balaban J connectivity index is 2.40. The van der Waals surface area contributed by atoms with Gasteiger partial charge in [-0.15, -0.1) is 0 Å². The average molecular weight is 117 g/mol. The molecule has 1 rings (SSSR count). The molecule has 0 bridgehead atoms. The number of rotatable bonds is 0. The van der Waals surface area contributed by atoms with Crippen molar-refractivity contribution in [2.75, 3.05) is 6.61 Å². The Labute approximate surface area is 45.8 Å². The monoisotopic (exact) mass is 117 g/mol. The van der Waals surface area contributed by atoms with Crippen LogP contribution in [0.2, 0.25) is 19.1 Å². The SMILES string of the molecule is C[SiH-]1(C)CCCO1. The summed E-state index contributed by atoms with van der Waals surface area (Å²) >= 11 is 0. The summed E-state index contributed by atoms with van der Waals surface area (Å²) < 4.78 is 5.51. The molecule has 44 valence electrons. The van der Waals surface area contributed by atoms with Gasteiger partial charge >= 0.3 is 44.9 Å². The van der Waals surface area contributed by atoms with Crippen LogP contribution >= 0.6 is 0 Å². The minimum atomic E-state index is -1.29. The van der Waals surface area contributed by atoms with Crippen molar-refractivity contribution in [2.45, 2.75) is 25.6 Å². The molecule has 0 aromatic carbocycles. The van der Waals surface area contributed by atoms with Crippen LogP contribution in [0.15, 0.2) is 0 Å². The molecule has 1 heterocycles. The van der Waals surface area contributed by atoms with E-state index in [0.717, 1.165) is 6.61 Å². The molecule has 0 N–H and O–H groups in total.